The summed E-state index contributed by atoms with van der Waals surface area (Å²) in [7, 11) is -7.91. The SMILES string of the molecule is CC(/C=C(\C)[N](c1c(C(C)C)cccc1C(C)C)[Al]1[C]([Si](C)(C)C)=C([Si](C)(C)C)C(=O)[C]12C([Si](C)(C)C)=C2[Si](C)(C)C)=Nc1c(C(C)C)cccc1C(C)C. The van der Waals surface area contributed by atoms with Crippen molar-refractivity contribution in [2.24, 2.45) is 4.99 Å². The van der Waals surface area contributed by atoms with Gasteiger partial charge in [-0.2, -0.15) is 0 Å². The second-order valence-electron chi connectivity index (χ2n) is 22.2. The number of aliphatic imine (C=N–C) groups is 1. The molecule has 0 bridgehead atoms. The van der Waals surface area contributed by atoms with E-state index in [0.29, 0.717) is 29.5 Å². The van der Waals surface area contributed by atoms with E-state index in [-0.39, 0.29) is 0 Å². The van der Waals surface area contributed by atoms with Crippen molar-refractivity contribution in [3.63, 3.8) is 0 Å². The van der Waals surface area contributed by atoms with Crippen molar-refractivity contribution in [2.75, 3.05) is 3.88 Å². The Hall–Kier alpha value is -1.80. The summed E-state index contributed by atoms with van der Waals surface area (Å²) in [5, 5.41) is 4.58. The number of ketones is 1. The van der Waals surface area contributed by atoms with Gasteiger partial charge in [-0.3, -0.25) is 9.79 Å². The van der Waals surface area contributed by atoms with Gasteiger partial charge in [-0.25, -0.2) is 0 Å². The zero-order chi connectivity index (χ0) is 42.1. The lowest BCUT2D eigenvalue weighted by Gasteiger charge is -2.42. The zero-order valence-electron chi connectivity index (χ0n) is 39.2. The summed E-state index contributed by atoms with van der Waals surface area (Å²) in [5.74, 6) is 1.96. The molecule has 2 aromatic carbocycles. The fraction of sp³-hybridized carbons (Fsp3) is 0.574. The van der Waals surface area contributed by atoms with Crippen molar-refractivity contribution < 1.29 is 4.79 Å². The molecule has 2 aliphatic rings. The van der Waals surface area contributed by atoms with Gasteiger partial charge in [0.25, 0.3) is 0 Å². The molecule has 0 radical (unpaired) electrons. The number of para-hydroxylation sites is 2. The van der Waals surface area contributed by atoms with E-state index in [1.807, 2.05) is 0 Å². The van der Waals surface area contributed by atoms with Crippen molar-refractivity contribution in [1.82, 2.24) is 0 Å². The maximum Gasteiger partial charge on any atom is 0.474 e. The molecule has 1 aliphatic carbocycles. The van der Waals surface area contributed by atoms with Gasteiger partial charge in [-0.1, -0.05) is 181 Å². The Morgan fingerprint density at radius 1 is 0.618 bits per heavy atom. The van der Waals surface area contributed by atoms with E-state index in [2.05, 4.69) is 194 Å². The topological polar surface area (TPSA) is 32.7 Å². The Kier molecular flexibility index (Phi) is 13.1. The molecule has 55 heavy (non-hydrogen) atoms. The average Bonchev–Trinajstić information content (AvgIpc) is 3.67. The Balaban J connectivity index is 2.28. The molecule has 0 atom stereocenters. The summed E-state index contributed by atoms with van der Waals surface area (Å²) in [4.78, 5) is 21.7. The van der Waals surface area contributed by atoms with Gasteiger partial charge in [0, 0.05) is 11.4 Å². The molecule has 0 saturated carbocycles. The van der Waals surface area contributed by atoms with E-state index >= 15 is 4.79 Å². The molecule has 1 spiro atoms. The van der Waals surface area contributed by atoms with Gasteiger partial charge in [0.05, 0.1) is 42.3 Å². The number of nitrogens with zero attached hydrogens (tertiary/aromatic N) is 2. The summed E-state index contributed by atoms with van der Waals surface area (Å²) >= 11 is -2.35. The number of allylic oxidation sites excluding steroid dienone is 5. The summed E-state index contributed by atoms with van der Waals surface area (Å²) in [5.41, 5.74) is 10.2. The number of benzene rings is 2. The minimum absolute atomic E-state index is 0.336. The van der Waals surface area contributed by atoms with E-state index < -0.39 is 50.9 Å². The lowest BCUT2D eigenvalue weighted by molar-refractivity contribution is -0.115. The number of hydrogen-bond donors (Lipinski definition) is 0. The minimum atomic E-state index is -2.35. The van der Waals surface area contributed by atoms with Gasteiger partial charge in [0.15, 0.2) is 5.78 Å². The highest BCUT2D eigenvalue weighted by Crippen LogP contribution is 2.74. The molecule has 4 rings (SSSR count). The Bertz CT molecular complexity index is 1880. The van der Waals surface area contributed by atoms with Crippen LogP contribution in [0.3, 0.4) is 0 Å². The lowest BCUT2D eigenvalue weighted by atomic mass is 9.92. The average molecular weight is 825 g/mol. The molecule has 0 N–H and O–H groups in total. The molecule has 2 aromatic rings. The first-order chi connectivity index (χ1) is 24.9. The van der Waals surface area contributed by atoms with Crippen molar-refractivity contribution in [3.8, 4) is 0 Å². The maximum absolute atomic E-state index is 16.1. The van der Waals surface area contributed by atoms with Crippen molar-refractivity contribution in [1.29, 1.82) is 0 Å². The molecule has 0 saturated heterocycles. The quantitative estimate of drug-likeness (QED) is 0.149. The van der Waals surface area contributed by atoms with Gasteiger partial charge < -0.3 is 3.88 Å². The highest BCUT2D eigenvalue weighted by atomic mass is 28.3. The Morgan fingerprint density at radius 3 is 1.33 bits per heavy atom. The fourth-order valence-corrected chi connectivity index (χ4v) is 35.2. The van der Waals surface area contributed by atoms with Crippen LogP contribution in [0.2, 0.25) is 82.8 Å². The molecular weight excluding hydrogens is 748 g/mol. The maximum atomic E-state index is 16.1. The standard InChI is InChI=1S/C29H41N2.C18H36OSi4.Al/c1-18(2)24-13-11-14-25(19(3)4)28(24)30-22(9)17-23(10)31-29-26(20(5)6)15-12-16-27(29)21(7)8;1-20(2,3)13-14(21(4,5)6)16(19)15-17(22(7,8)9)18(15)23(10,11)12;/h11-21H,1-10H3;1-12H3;/q-1;;+1/b22-17+,31-23?;;. The molecule has 3 nitrogen and oxygen atoms in total. The molecule has 300 valence electrons. The number of carbonyl (C=O) groups excluding carboxylic acids is 1. The highest BCUT2D eigenvalue weighted by molar-refractivity contribution is 7.13. The fourth-order valence-electron chi connectivity index (χ4n) is 9.90. The second-order valence-corrected chi connectivity index (χ2v) is 45.6. The van der Waals surface area contributed by atoms with Crippen LogP contribution in [0, 0.1) is 0 Å². The van der Waals surface area contributed by atoms with E-state index in [9.17, 15) is 0 Å². The van der Waals surface area contributed by atoms with Gasteiger partial charge in [0.2, 0.25) is 0 Å². The molecule has 0 amide bonds. The van der Waals surface area contributed by atoms with Crippen molar-refractivity contribution in [2.45, 2.75) is 176 Å². The number of anilines is 1. The van der Waals surface area contributed by atoms with Gasteiger partial charge in [-0.05, 0) is 76.7 Å². The number of rotatable bonds is 13. The van der Waals surface area contributed by atoms with Gasteiger partial charge in [0.1, 0.15) is 0 Å². The van der Waals surface area contributed by atoms with E-state index in [4.69, 9.17) is 4.99 Å². The number of Topliss-reactive ketones (excluding diaryl/α,β-unsaturated/α-hetero) is 1. The van der Waals surface area contributed by atoms with E-state index in [1.54, 1.807) is 14.5 Å². The smallest absolute Gasteiger partial charge is 0.433 e. The molecule has 0 aromatic heterocycles. The number of hydrogen-bond acceptors (Lipinski definition) is 3. The predicted octanol–water partition coefficient (Wildman–Crippen LogP) is 14.7. The van der Waals surface area contributed by atoms with Crippen molar-refractivity contribution in [3.05, 3.63) is 90.1 Å². The summed E-state index contributed by atoms with van der Waals surface area (Å²) in [6.45, 7) is 53.3. The first-order valence-corrected chi connectivity index (χ1v) is 36.9. The van der Waals surface area contributed by atoms with Crippen LogP contribution in [0.25, 0.3) is 0 Å². The van der Waals surface area contributed by atoms with Crippen LogP contribution in [0.5, 0.6) is 0 Å². The summed E-state index contributed by atoms with van der Waals surface area (Å²) < 4.78 is 4.13. The predicted molar refractivity (Wildman–Crippen MR) is 259 cm³/mol. The van der Waals surface area contributed by atoms with Crippen LogP contribution in [0.4, 0.5) is 11.4 Å². The third-order valence-corrected chi connectivity index (χ3v) is 28.5. The minimum Gasteiger partial charge on any atom is -0.433 e. The molecule has 1 aliphatic heterocycles. The summed E-state index contributed by atoms with van der Waals surface area (Å²) in [6.07, 6.45) is 2.40. The van der Waals surface area contributed by atoms with Crippen LogP contribution in [-0.4, -0.2) is 58.2 Å². The monoisotopic (exact) mass is 824 g/mol. The van der Waals surface area contributed by atoms with E-state index in [1.165, 1.54) is 38.8 Å². The first kappa shape index (κ1) is 45.9. The van der Waals surface area contributed by atoms with Crippen LogP contribution in [-0.2, 0) is 4.79 Å². The van der Waals surface area contributed by atoms with Crippen LogP contribution < -0.4 is 3.88 Å². The van der Waals surface area contributed by atoms with Crippen LogP contribution in [0.15, 0.2) is 72.8 Å². The van der Waals surface area contributed by atoms with E-state index in [0.717, 1.165) is 11.4 Å². The second kappa shape index (κ2) is 15.8. The molecule has 1 heterocycles. The summed E-state index contributed by atoms with van der Waals surface area (Å²) in [6, 6.07) is 13.8. The molecular formula is C47H77AlN2OSi4. The Labute approximate surface area is 346 Å². The van der Waals surface area contributed by atoms with Crippen LogP contribution in [0.1, 0.15) is 115 Å². The number of carbonyl (C=O) groups is 1. The third kappa shape index (κ3) is 8.53. The van der Waals surface area contributed by atoms with Crippen molar-refractivity contribution >= 4 is 69.5 Å². The molecule has 0 unspecified atom stereocenters. The highest BCUT2D eigenvalue weighted by Gasteiger charge is 2.78. The normalized spacial score (nSPS) is 17.4. The van der Waals surface area contributed by atoms with Crippen LogP contribution >= 0.6 is 0 Å². The largest absolute Gasteiger partial charge is 0.474 e. The first-order valence-electron chi connectivity index (χ1n) is 21.3. The zero-order valence-corrected chi connectivity index (χ0v) is 44.4. The Morgan fingerprint density at radius 2 is 1.00 bits per heavy atom. The third-order valence-electron chi connectivity index (χ3n) is 11.8. The molecule has 0 fully saturated rings. The van der Waals surface area contributed by atoms with Gasteiger partial charge in [-0.15, -0.1) is 4.06 Å². The lowest BCUT2D eigenvalue weighted by Crippen LogP contribution is -2.53. The molecule has 8 heteroatoms. The van der Waals surface area contributed by atoms with Gasteiger partial charge >= 0.3 is 14.4 Å².